The van der Waals surface area contributed by atoms with E-state index in [1.165, 1.54) is 17.7 Å². The van der Waals surface area contributed by atoms with Gasteiger partial charge in [-0.1, -0.05) is 17.7 Å². The van der Waals surface area contributed by atoms with Crippen molar-refractivity contribution in [3.63, 3.8) is 0 Å². The Morgan fingerprint density at radius 1 is 0.960 bits per heavy atom. The Labute approximate surface area is 144 Å². The molecule has 0 aliphatic carbocycles. The Morgan fingerprint density at radius 3 is 2.40 bits per heavy atom. The second-order valence-corrected chi connectivity index (χ2v) is 5.90. The SMILES string of the molecule is Cc1ccc(Nc2nc(-c3ccc(F)cc3)nc3c2cnn3C)cc1. The fraction of sp³-hybridized carbons (Fsp3) is 0.105. The van der Waals surface area contributed by atoms with Crippen molar-refractivity contribution in [2.45, 2.75) is 6.92 Å². The summed E-state index contributed by atoms with van der Waals surface area (Å²) < 4.78 is 14.9. The monoisotopic (exact) mass is 333 g/mol. The molecule has 0 amide bonds. The van der Waals surface area contributed by atoms with Gasteiger partial charge in [0.05, 0.1) is 11.6 Å². The lowest BCUT2D eigenvalue weighted by Gasteiger charge is -2.09. The second-order valence-electron chi connectivity index (χ2n) is 5.90. The average molecular weight is 333 g/mol. The molecule has 0 fully saturated rings. The van der Waals surface area contributed by atoms with E-state index in [-0.39, 0.29) is 5.82 Å². The molecule has 25 heavy (non-hydrogen) atoms. The molecule has 2 heterocycles. The summed E-state index contributed by atoms with van der Waals surface area (Å²) in [6.45, 7) is 2.04. The van der Waals surface area contributed by atoms with Crippen molar-refractivity contribution in [1.29, 1.82) is 0 Å². The van der Waals surface area contributed by atoms with E-state index in [4.69, 9.17) is 0 Å². The van der Waals surface area contributed by atoms with E-state index in [1.54, 1.807) is 23.0 Å². The summed E-state index contributed by atoms with van der Waals surface area (Å²) in [7, 11) is 1.83. The molecule has 0 aliphatic rings. The number of hydrogen-bond acceptors (Lipinski definition) is 4. The van der Waals surface area contributed by atoms with Gasteiger partial charge in [-0.2, -0.15) is 5.10 Å². The summed E-state index contributed by atoms with van der Waals surface area (Å²) in [5.41, 5.74) is 3.58. The first-order valence-corrected chi connectivity index (χ1v) is 7.89. The molecule has 0 bridgehead atoms. The van der Waals surface area contributed by atoms with Gasteiger partial charge in [0.25, 0.3) is 0 Å². The molecule has 1 N–H and O–H groups in total. The van der Waals surface area contributed by atoms with Crippen LogP contribution in [0.4, 0.5) is 15.9 Å². The van der Waals surface area contributed by atoms with Gasteiger partial charge < -0.3 is 5.32 Å². The number of fused-ring (bicyclic) bond motifs is 1. The summed E-state index contributed by atoms with van der Waals surface area (Å²) in [4.78, 5) is 9.21. The van der Waals surface area contributed by atoms with E-state index in [2.05, 4.69) is 20.4 Å². The van der Waals surface area contributed by atoms with Crippen molar-refractivity contribution >= 4 is 22.5 Å². The molecule has 0 spiro atoms. The lowest BCUT2D eigenvalue weighted by Crippen LogP contribution is -2.00. The molecule has 0 saturated heterocycles. The summed E-state index contributed by atoms with van der Waals surface area (Å²) in [6, 6.07) is 14.2. The maximum atomic E-state index is 13.2. The number of rotatable bonds is 3. The van der Waals surface area contributed by atoms with Crippen LogP contribution in [0.5, 0.6) is 0 Å². The molecule has 4 rings (SSSR count). The smallest absolute Gasteiger partial charge is 0.164 e. The van der Waals surface area contributed by atoms with Crippen LogP contribution in [-0.2, 0) is 7.05 Å². The van der Waals surface area contributed by atoms with Gasteiger partial charge in [-0.05, 0) is 43.3 Å². The molecule has 5 nitrogen and oxygen atoms in total. The van der Waals surface area contributed by atoms with Gasteiger partial charge >= 0.3 is 0 Å². The maximum absolute atomic E-state index is 13.2. The number of nitrogens with one attached hydrogen (secondary N) is 1. The topological polar surface area (TPSA) is 55.6 Å². The molecular weight excluding hydrogens is 317 g/mol. The molecule has 0 aliphatic heterocycles. The minimum absolute atomic E-state index is 0.289. The molecule has 0 saturated carbocycles. The van der Waals surface area contributed by atoms with Crippen LogP contribution >= 0.6 is 0 Å². The standard InChI is InChI=1S/C19H16FN5/c1-12-3-9-15(10-4-12)22-18-16-11-21-25(2)19(16)24-17(23-18)13-5-7-14(20)8-6-13/h3-11H,1-2H3,(H,22,23,24). The normalized spacial score (nSPS) is 11.0. The van der Waals surface area contributed by atoms with Crippen LogP contribution in [0.25, 0.3) is 22.4 Å². The lowest BCUT2D eigenvalue weighted by atomic mass is 10.2. The predicted molar refractivity (Wildman–Crippen MR) is 96.2 cm³/mol. The van der Waals surface area contributed by atoms with Gasteiger partial charge in [0, 0.05) is 18.3 Å². The van der Waals surface area contributed by atoms with Crippen LogP contribution in [0.3, 0.4) is 0 Å². The van der Waals surface area contributed by atoms with E-state index >= 15 is 0 Å². The number of hydrogen-bond donors (Lipinski definition) is 1. The van der Waals surface area contributed by atoms with Crippen LogP contribution < -0.4 is 5.32 Å². The third kappa shape index (κ3) is 2.94. The molecule has 6 heteroatoms. The van der Waals surface area contributed by atoms with E-state index < -0.39 is 0 Å². The van der Waals surface area contributed by atoms with E-state index in [0.717, 1.165) is 16.6 Å². The minimum atomic E-state index is -0.289. The number of aromatic nitrogens is 4. The Balaban J connectivity index is 1.84. The molecule has 124 valence electrons. The first-order chi connectivity index (χ1) is 12.1. The summed E-state index contributed by atoms with van der Waals surface area (Å²) in [6.07, 6.45) is 1.74. The maximum Gasteiger partial charge on any atom is 0.164 e. The summed E-state index contributed by atoms with van der Waals surface area (Å²) >= 11 is 0. The fourth-order valence-corrected chi connectivity index (χ4v) is 2.62. The minimum Gasteiger partial charge on any atom is -0.339 e. The summed E-state index contributed by atoms with van der Waals surface area (Å²) in [5.74, 6) is 0.898. The van der Waals surface area contributed by atoms with Gasteiger partial charge in [0.15, 0.2) is 11.5 Å². The number of anilines is 2. The van der Waals surface area contributed by atoms with Crippen molar-refractivity contribution in [2.75, 3.05) is 5.32 Å². The first kappa shape index (κ1) is 15.3. The highest BCUT2D eigenvalue weighted by Crippen LogP contribution is 2.27. The second kappa shape index (κ2) is 5.98. The van der Waals surface area contributed by atoms with Crippen LogP contribution in [0.15, 0.2) is 54.7 Å². The first-order valence-electron chi connectivity index (χ1n) is 7.89. The zero-order valence-electron chi connectivity index (χ0n) is 13.9. The Morgan fingerprint density at radius 2 is 1.68 bits per heavy atom. The van der Waals surface area contributed by atoms with Gasteiger partial charge in [-0.15, -0.1) is 0 Å². The zero-order chi connectivity index (χ0) is 17.4. The predicted octanol–water partition coefficient (Wildman–Crippen LogP) is 4.22. The van der Waals surface area contributed by atoms with Gasteiger partial charge in [0.1, 0.15) is 11.6 Å². The highest BCUT2D eigenvalue weighted by molar-refractivity contribution is 5.90. The third-order valence-corrected chi connectivity index (χ3v) is 4.01. The van der Waals surface area contributed by atoms with Crippen LogP contribution in [0.2, 0.25) is 0 Å². The Kier molecular flexibility index (Phi) is 3.65. The van der Waals surface area contributed by atoms with Gasteiger partial charge in [-0.3, -0.25) is 4.68 Å². The van der Waals surface area contributed by atoms with Crippen molar-refractivity contribution < 1.29 is 4.39 Å². The van der Waals surface area contributed by atoms with Crippen molar-refractivity contribution in [2.24, 2.45) is 7.05 Å². The average Bonchev–Trinajstić information content (AvgIpc) is 2.99. The van der Waals surface area contributed by atoms with E-state index in [0.29, 0.717) is 17.3 Å². The zero-order valence-corrected chi connectivity index (χ0v) is 13.9. The quantitative estimate of drug-likeness (QED) is 0.610. The number of halogens is 1. The van der Waals surface area contributed by atoms with Crippen LogP contribution in [-0.4, -0.2) is 19.7 Å². The molecule has 2 aromatic heterocycles. The Bertz CT molecular complexity index is 1040. The highest BCUT2D eigenvalue weighted by Gasteiger charge is 2.13. The van der Waals surface area contributed by atoms with Crippen LogP contribution in [0, 0.1) is 12.7 Å². The molecular formula is C19H16FN5. The van der Waals surface area contributed by atoms with E-state index in [9.17, 15) is 4.39 Å². The highest BCUT2D eigenvalue weighted by atomic mass is 19.1. The number of aryl methyl sites for hydroxylation is 2. The third-order valence-electron chi connectivity index (χ3n) is 4.01. The number of nitrogens with zero attached hydrogens (tertiary/aromatic N) is 4. The lowest BCUT2D eigenvalue weighted by molar-refractivity contribution is 0.628. The fourth-order valence-electron chi connectivity index (χ4n) is 2.62. The van der Waals surface area contributed by atoms with E-state index in [1.807, 2.05) is 38.2 Å². The molecule has 0 unspecified atom stereocenters. The molecule has 0 radical (unpaired) electrons. The largest absolute Gasteiger partial charge is 0.339 e. The van der Waals surface area contributed by atoms with Crippen molar-refractivity contribution in [1.82, 2.24) is 19.7 Å². The Hall–Kier alpha value is -3.28. The summed E-state index contributed by atoms with van der Waals surface area (Å²) in [5, 5.41) is 8.43. The van der Waals surface area contributed by atoms with Gasteiger partial charge in [-0.25, -0.2) is 14.4 Å². The van der Waals surface area contributed by atoms with Crippen molar-refractivity contribution in [3.8, 4) is 11.4 Å². The van der Waals surface area contributed by atoms with Crippen molar-refractivity contribution in [3.05, 3.63) is 66.1 Å². The number of benzene rings is 2. The van der Waals surface area contributed by atoms with Gasteiger partial charge in [0.2, 0.25) is 0 Å². The molecule has 4 aromatic rings. The van der Waals surface area contributed by atoms with Crippen LogP contribution in [0.1, 0.15) is 5.56 Å². The molecule has 2 aromatic carbocycles. The molecule has 0 atom stereocenters.